The summed E-state index contributed by atoms with van der Waals surface area (Å²) in [5.74, 6) is -0.335. The van der Waals surface area contributed by atoms with E-state index in [1.54, 1.807) is 0 Å². The summed E-state index contributed by atoms with van der Waals surface area (Å²) in [7, 11) is 1.97. The molecule has 3 heterocycles. The predicted molar refractivity (Wildman–Crippen MR) is 137 cm³/mol. The Hall–Kier alpha value is -2.75. The van der Waals surface area contributed by atoms with Crippen molar-refractivity contribution in [3.8, 4) is 10.4 Å². The Morgan fingerprint density at radius 3 is 2.58 bits per heavy atom. The van der Waals surface area contributed by atoms with Crippen LogP contribution in [0.1, 0.15) is 28.5 Å². The zero-order chi connectivity index (χ0) is 23.4. The molecule has 0 bridgehead atoms. The van der Waals surface area contributed by atoms with Gasteiger partial charge < -0.3 is 15.0 Å². The fourth-order valence-electron chi connectivity index (χ4n) is 3.81. The largest absolute Gasteiger partial charge is 0.462 e. The first-order chi connectivity index (χ1) is 16.0. The van der Waals surface area contributed by atoms with E-state index in [9.17, 15) is 4.79 Å². The van der Waals surface area contributed by atoms with Gasteiger partial charge in [0.15, 0.2) is 5.11 Å². The van der Waals surface area contributed by atoms with Crippen LogP contribution in [0.2, 0.25) is 0 Å². The lowest BCUT2D eigenvalue weighted by molar-refractivity contribution is 0.0528. The van der Waals surface area contributed by atoms with Crippen molar-refractivity contribution >= 4 is 39.6 Å². The summed E-state index contributed by atoms with van der Waals surface area (Å²) in [4.78, 5) is 18.2. The number of piperazine rings is 1. The van der Waals surface area contributed by atoms with Crippen LogP contribution in [-0.4, -0.2) is 63.4 Å². The van der Waals surface area contributed by atoms with E-state index < -0.39 is 0 Å². The number of nitrogens with zero attached hydrogens (tertiary/aromatic N) is 4. The summed E-state index contributed by atoms with van der Waals surface area (Å²) in [6, 6.07) is 11.9. The second kappa shape index (κ2) is 10.5. The van der Waals surface area contributed by atoms with Gasteiger partial charge in [0.1, 0.15) is 5.00 Å². The van der Waals surface area contributed by atoms with E-state index in [-0.39, 0.29) is 5.97 Å². The van der Waals surface area contributed by atoms with Crippen molar-refractivity contribution in [3.63, 3.8) is 0 Å². The van der Waals surface area contributed by atoms with Crippen LogP contribution < -0.4 is 5.32 Å². The van der Waals surface area contributed by atoms with E-state index in [4.69, 9.17) is 17.0 Å². The predicted octanol–water partition coefficient (Wildman–Crippen LogP) is 4.15. The van der Waals surface area contributed by atoms with Gasteiger partial charge in [0.25, 0.3) is 0 Å². The zero-order valence-corrected chi connectivity index (χ0v) is 20.8. The Bertz CT molecular complexity index is 1120. The normalized spacial score (nSPS) is 14.3. The number of ether oxygens (including phenoxy) is 1. The number of benzene rings is 1. The second-order valence-electron chi connectivity index (χ2n) is 8.01. The molecule has 0 radical (unpaired) electrons. The third kappa shape index (κ3) is 5.43. The van der Waals surface area contributed by atoms with E-state index in [1.807, 2.05) is 61.2 Å². The van der Waals surface area contributed by atoms with E-state index in [0.717, 1.165) is 48.2 Å². The van der Waals surface area contributed by atoms with E-state index in [0.29, 0.717) is 17.3 Å². The number of rotatable bonds is 6. The van der Waals surface area contributed by atoms with Gasteiger partial charge in [0.2, 0.25) is 0 Å². The first-order valence-corrected chi connectivity index (χ1v) is 12.3. The highest BCUT2D eigenvalue weighted by atomic mass is 32.1. The number of aromatic nitrogens is 2. The van der Waals surface area contributed by atoms with Gasteiger partial charge in [-0.05, 0) is 37.7 Å². The second-order valence-corrected chi connectivity index (χ2v) is 9.45. The lowest BCUT2D eigenvalue weighted by Gasteiger charge is -2.36. The lowest BCUT2D eigenvalue weighted by atomic mass is 10.1. The molecule has 174 valence electrons. The Kier molecular flexibility index (Phi) is 7.42. The van der Waals surface area contributed by atoms with Crippen LogP contribution in [0.15, 0.2) is 42.6 Å². The molecule has 33 heavy (non-hydrogen) atoms. The molecule has 1 aliphatic rings. The van der Waals surface area contributed by atoms with Crippen LogP contribution in [0.5, 0.6) is 0 Å². The van der Waals surface area contributed by atoms with E-state index >= 15 is 0 Å². The molecule has 2 aromatic heterocycles. The van der Waals surface area contributed by atoms with Gasteiger partial charge in [-0.3, -0.25) is 9.58 Å². The quantitative estimate of drug-likeness (QED) is 0.417. The summed E-state index contributed by atoms with van der Waals surface area (Å²) in [6.07, 6.45) is 1.95. The van der Waals surface area contributed by atoms with Crippen molar-refractivity contribution in [2.75, 3.05) is 38.1 Å². The average Bonchev–Trinajstić information content (AvgIpc) is 3.39. The third-order valence-corrected chi connectivity index (χ3v) is 7.36. The molecule has 0 unspecified atom stereocenters. The molecule has 7 nitrogen and oxygen atoms in total. The van der Waals surface area contributed by atoms with Crippen LogP contribution in [0.25, 0.3) is 10.4 Å². The number of nitrogens with one attached hydrogen (secondary N) is 1. The fourth-order valence-corrected chi connectivity index (χ4v) is 5.21. The van der Waals surface area contributed by atoms with Crippen molar-refractivity contribution in [2.24, 2.45) is 7.05 Å². The molecule has 0 spiro atoms. The van der Waals surface area contributed by atoms with E-state index in [2.05, 4.69) is 27.1 Å². The highest BCUT2D eigenvalue weighted by Gasteiger charge is 2.23. The summed E-state index contributed by atoms with van der Waals surface area (Å²) in [6.45, 7) is 8.63. The monoisotopic (exact) mass is 483 g/mol. The van der Waals surface area contributed by atoms with Crippen molar-refractivity contribution in [1.82, 2.24) is 19.6 Å². The molecule has 1 saturated heterocycles. The number of carbonyl (C=O) groups is 1. The molecule has 0 aliphatic carbocycles. The SMILES string of the molecule is CCOC(=O)c1cc(-c2ccccc2)sc1NC(=S)N1CCN(Cc2cnn(C)c2C)CC1. The number of esters is 1. The highest BCUT2D eigenvalue weighted by molar-refractivity contribution is 7.80. The van der Waals surface area contributed by atoms with Gasteiger partial charge in [-0.15, -0.1) is 11.3 Å². The molecule has 1 aliphatic heterocycles. The minimum absolute atomic E-state index is 0.331. The Morgan fingerprint density at radius 2 is 1.94 bits per heavy atom. The Balaban J connectivity index is 1.42. The Labute approximate surface area is 204 Å². The zero-order valence-electron chi connectivity index (χ0n) is 19.2. The molecule has 1 aromatic carbocycles. The number of hydrogen-bond acceptors (Lipinski definition) is 6. The average molecular weight is 484 g/mol. The number of hydrogen-bond donors (Lipinski definition) is 1. The molecule has 9 heteroatoms. The van der Waals surface area contributed by atoms with Gasteiger partial charge in [-0.2, -0.15) is 5.10 Å². The highest BCUT2D eigenvalue weighted by Crippen LogP contribution is 2.36. The van der Waals surface area contributed by atoms with Crippen LogP contribution >= 0.6 is 23.6 Å². The van der Waals surface area contributed by atoms with Gasteiger partial charge in [0.05, 0.1) is 18.4 Å². The molecule has 4 rings (SSSR count). The maximum absolute atomic E-state index is 12.6. The maximum Gasteiger partial charge on any atom is 0.341 e. The topological polar surface area (TPSA) is 62.6 Å². The lowest BCUT2D eigenvalue weighted by Crippen LogP contribution is -2.49. The molecule has 1 N–H and O–H groups in total. The minimum Gasteiger partial charge on any atom is -0.462 e. The third-order valence-electron chi connectivity index (χ3n) is 5.90. The fraction of sp³-hybridized carbons (Fsp3) is 0.375. The number of thiocarbonyl (C=S) groups is 1. The van der Waals surface area contributed by atoms with Crippen LogP contribution in [-0.2, 0) is 18.3 Å². The summed E-state index contributed by atoms with van der Waals surface area (Å²) < 4.78 is 7.20. The summed E-state index contributed by atoms with van der Waals surface area (Å²) in [5.41, 5.74) is 4.05. The maximum atomic E-state index is 12.6. The smallest absolute Gasteiger partial charge is 0.341 e. The van der Waals surface area contributed by atoms with Crippen molar-refractivity contribution in [3.05, 3.63) is 59.4 Å². The summed E-state index contributed by atoms with van der Waals surface area (Å²) in [5, 5.41) is 9.04. The number of anilines is 1. The minimum atomic E-state index is -0.335. The molecular weight excluding hydrogens is 454 g/mol. The van der Waals surface area contributed by atoms with Crippen LogP contribution in [0.4, 0.5) is 5.00 Å². The van der Waals surface area contributed by atoms with Gasteiger partial charge in [0, 0.05) is 55.9 Å². The molecule has 0 atom stereocenters. The van der Waals surface area contributed by atoms with Gasteiger partial charge in [-0.25, -0.2) is 4.79 Å². The van der Waals surface area contributed by atoms with Crippen LogP contribution in [0.3, 0.4) is 0 Å². The Morgan fingerprint density at radius 1 is 1.21 bits per heavy atom. The molecule has 3 aromatic rings. The molecule has 1 fully saturated rings. The van der Waals surface area contributed by atoms with Crippen LogP contribution in [0, 0.1) is 6.92 Å². The molecule has 0 amide bonds. The first kappa shape index (κ1) is 23.4. The van der Waals surface area contributed by atoms with Crippen molar-refractivity contribution in [2.45, 2.75) is 20.4 Å². The van der Waals surface area contributed by atoms with Crippen molar-refractivity contribution in [1.29, 1.82) is 0 Å². The number of aryl methyl sites for hydroxylation is 1. The molecular formula is C24H29N5O2S2. The summed E-state index contributed by atoms with van der Waals surface area (Å²) >= 11 is 7.24. The first-order valence-electron chi connectivity index (χ1n) is 11.1. The number of thiophene rings is 1. The van der Waals surface area contributed by atoms with Crippen molar-refractivity contribution < 1.29 is 9.53 Å². The van der Waals surface area contributed by atoms with Gasteiger partial charge >= 0.3 is 5.97 Å². The van der Waals surface area contributed by atoms with E-state index in [1.165, 1.54) is 22.6 Å². The van der Waals surface area contributed by atoms with Gasteiger partial charge in [-0.1, -0.05) is 30.3 Å². The standard InChI is InChI=1S/C24H29N5O2S2/c1-4-31-23(30)20-14-21(18-8-6-5-7-9-18)33-22(20)26-24(32)29-12-10-28(11-13-29)16-19-15-25-27(3)17(19)2/h5-9,14-15H,4,10-13,16H2,1-3H3,(H,26,32). The molecule has 0 saturated carbocycles. The number of carbonyl (C=O) groups excluding carboxylic acids is 1.